The zero-order valence-electron chi connectivity index (χ0n) is 18.4. The van der Waals surface area contributed by atoms with Crippen LogP contribution in [0.25, 0.3) is 10.9 Å². The van der Waals surface area contributed by atoms with Gasteiger partial charge in [0.15, 0.2) is 0 Å². The Labute approximate surface area is 193 Å². The van der Waals surface area contributed by atoms with Crippen LogP contribution < -0.4 is 0 Å². The van der Waals surface area contributed by atoms with Crippen molar-refractivity contribution in [1.29, 1.82) is 0 Å². The molecule has 0 spiro atoms. The monoisotopic (exact) mass is 462 g/mol. The molecule has 0 unspecified atom stereocenters. The van der Waals surface area contributed by atoms with E-state index < -0.39 is 16.1 Å². The second kappa shape index (κ2) is 8.10. The van der Waals surface area contributed by atoms with Crippen LogP contribution in [0.1, 0.15) is 34.0 Å². The molecule has 32 heavy (non-hydrogen) atoms. The van der Waals surface area contributed by atoms with Gasteiger partial charge in [-0.25, -0.2) is 8.42 Å². The van der Waals surface area contributed by atoms with Crippen molar-refractivity contribution in [2.75, 3.05) is 12.8 Å². The van der Waals surface area contributed by atoms with Crippen molar-refractivity contribution in [3.63, 3.8) is 0 Å². The van der Waals surface area contributed by atoms with E-state index >= 15 is 0 Å². The molecule has 0 aliphatic carbocycles. The van der Waals surface area contributed by atoms with Crippen LogP contribution in [0, 0.1) is 13.8 Å². The highest BCUT2D eigenvalue weighted by molar-refractivity contribution is 7.98. The van der Waals surface area contributed by atoms with Crippen LogP contribution in [0.4, 0.5) is 0 Å². The summed E-state index contributed by atoms with van der Waals surface area (Å²) in [5.41, 5.74) is 5.93. The van der Waals surface area contributed by atoms with Gasteiger partial charge < -0.3 is 4.98 Å². The Morgan fingerprint density at radius 3 is 2.50 bits per heavy atom. The topological polar surface area (TPSA) is 53.2 Å². The van der Waals surface area contributed by atoms with Crippen LogP contribution in [-0.2, 0) is 16.4 Å². The number of benzene rings is 3. The van der Waals surface area contributed by atoms with Crippen LogP contribution in [0.3, 0.4) is 0 Å². The first-order chi connectivity index (χ1) is 15.4. The first kappa shape index (κ1) is 21.3. The standard InChI is InChI=1S/C26H26N2O2S2/c1-17-8-9-18(2)24(16-17)32(29,30)28-15-14-22-21-6-4-5-7-23(21)27-25(22)26(28)19-10-12-20(31-3)13-11-19/h4-13,16,26-27H,14-15H2,1-3H3/t26-/m0/s1. The lowest BCUT2D eigenvalue weighted by atomic mass is 9.94. The molecular formula is C26H26N2O2S2. The molecule has 1 N–H and O–H groups in total. The summed E-state index contributed by atoms with van der Waals surface area (Å²) in [4.78, 5) is 5.11. The molecule has 3 aromatic carbocycles. The van der Waals surface area contributed by atoms with E-state index in [9.17, 15) is 8.42 Å². The Morgan fingerprint density at radius 2 is 1.75 bits per heavy atom. The summed E-state index contributed by atoms with van der Waals surface area (Å²) in [6.45, 7) is 4.25. The molecule has 0 saturated carbocycles. The molecule has 0 saturated heterocycles. The van der Waals surface area contributed by atoms with E-state index in [-0.39, 0.29) is 0 Å². The van der Waals surface area contributed by atoms with Crippen molar-refractivity contribution in [1.82, 2.24) is 9.29 Å². The maximum Gasteiger partial charge on any atom is 0.244 e. The van der Waals surface area contributed by atoms with Gasteiger partial charge in [0.05, 0.1) is 10.9 Å². The van der Waals surface area contributed by atoms with Gasteiger partial charge in [-0.2, -0.15) is 4.31 Å². The van der Waals surface area contributed by atoms with Crippen LogP contribution >= 0.6 is 11.8 Å². The number of hydrogen-bond acceptors (Lipinski definition) is 3. The summed E-state index contributed by atoms with van der Waals surface area (Å²) in [5, 5.41) is 1.18. The Morgan fingerprint density at radius 1 is 1.00 bits per heavy atom. The molecule has 1 aliphatic heterocycles. The Kier molecular flexibility index (Phi) is 5.40. The van der Waals surface area contributed by atoms with E-state index in [0.717, 1.165) is 32.8 Å². The van der Waals surface area contributed by atoms with Crippen LogP contribution in [0.5, 0.6) is 0 Å². The zero-order chi connectivity index (χ0) is 22.5. The Balaban J connectivity index is 1.72. The minimum absolute atomic E-state index is 0.391. The second-order valence-corrected chi connectivity index (χ2v) is 11.1. The maximum atomic E-state index is 14.0. The molecule has 5 rings (SSSR count). The predicted octanol–water partition coefficient (Wildman–Crippen LogP) is 5.84. The summed E-state index contributed by atoms with van der Waals surface area (Å²) in [7, 11) is -3.70. The molecule has 164 valence electrons. The lowest BCUT2D eigenvalue weighted by molar-refractivity contribution is 0.340. The average Bonchev–Trinajstić information content (AvgIpc) is 3.19. The molecule has 2 heterocycles. The number of fused-ring (bicyclic) bond motifs is 3. The van der Waals surface area contributed by atoms with Crippen molar-refractivity contribution in [3.8, 4) is 0 Å². The quantitative estimate of drug-likeness (QED) is 0.388. The number of aryl methyl sites for hydroxylation is 2. The van der Waals surface area contributed by atoms with E-state index in [0.29, 0.717) is 17.9 Å². The number of rotatable bonds is 4. The lowest BCUT2D eigenvalue weighted by Gasteiger charge is -2.35. The van der Waals surface area contributed by atoms with Crippen LogP contribution in [0.15, 0.2) is 76.5 Å². The number of H-pyrrole nitrogens is 1. The van der Waals surface area contributed by atoms with Gasteiger partial charge in [-0.15, -0.1) is 11.8 Å². The molecule has 4 aromatic rings. The number of aromatic nitrogens is 1. The van der Waals surface area contributed by atoms with Crippen LogP contribution in [0.2, 0.25) is 0 Å². The van der Waals surface area contributed by atoms with Crippen molar-refractivity contribution < 1.29 is 8.42 Å². The van der Waals surface area contributed by atoms with Crippen molar-refractivity contribution in [2.45, 2.75) is 36.1 Å². The molecule has 0 radical (unpaired) electrons. The summed E-state index contributed by atoms with van der Waals surface area (Å²) in [6.07, 6.45) is 2.73. The minimum atomic E-state index is -3.70. The Bertz CT molecular complexity index is 1410. The summed E-state index contributed by atoms with van der Waals surface area (Å²) in [5.74, 6) is 0. The highest BCUT2D eigenvalue weighted by atomic mass is 32.2. The number of para-hydroxylation sites is 1. The summed E-state index contributed by atoms with van der Waals surface area (Å²) in [6, 6.07) is 21.7. The third-order valence-electron chi connectivity index (χ3n) is 6.35. The van der Waals surface area contributed by atoms with E-state index in [1.54, 1.807) is 22.1 Å². The smallest absolute Gasteiger partial charge is 0.244 e. The van der Waals surface area contributed by atoms with Gasteiger partial charge in [-0.05, 0) is 73.0 Å². The molecule has 1 aliphatic rings. The van der Waals surface area contributed by atoms with Crippen molar-refractivity contribution >= 4 is 32.7 Å². The molecule has 1 aromatic heterocycles. The van der Waals surface area contributed by atoms with Gasteiger partial charge in [0.25, 0.3) is 0 Å². The van der Waals surface area contributed by atoms with Gasteiger partial charge >= 0.3 is 0 Å². The third-order valence-corrected chi connectivity index (χ3v) is 9.10. The van der Waals surface area contributed by atoms with Crippen molar-refractivity contribution in [3.05, 3.63) is 94.7 Å². The molecule has 0 fully saturated rings. The maximum absolute atomic E-state index is 14.0. The fourth-order valence-electron chi connectivity index (χ4n) is 4.71. The van der Waals surface area contributed by atoms with E-state index in [1.165, 1.54) is 10.9 Å². The van der Waals surface area contributed by atoms with E-state index in [2.05, 4.69) is 41.4 Å². The zero-order valence-corrected chi connectivity index (χ0v) is 20.1. The number of nitrogens with zero attached hydrogens (tertiary/aromatic N) is 1. The first-order valence-corrected chi connectivity index (χ1v) is 13.4. The number of hydrogen-bond donors (Lipinski definition) is 1. The van der Waals surface area contributed by atoms with Gasteiger partial charge in [-0.3, -0.25) is 0 Å². The molecular weight excluding hydrogens is 436 g/mol. The number of nitrogens with one attached hydrogen (secondary N) is 1. The predicted molar refractivity (Wildman–Crippen MR) is 132 cm³/mol. The summed E-state index contributed by atoms with van der Waals surface area (Å²) >= 11 is 1.68. The number of thioether (sulfide) groups is 1. The fourth-order valence-corrected chi connectivity index (χ4v) is 7.02. The SMILES string of the molecule is CSc1ccc([C@H]2c3[nH]c4ccccc4c3CCN2S(=O)(=O)c2cc(C)ccc2C)cc1. The van der Waals surface area contributed by atoms with Gasteiger partial charge in [0, 0.05) is 28.0 Å². The van der Waals surface area contributed by atoms with Gasteiger partial charge in [0.1, 0.15) is 0 Å². The largest absolute Gasteiger partial charge is 0.357 e. The van der Waals surface area contributed by atoms with Crippen molar-refractivity contribution in [2.24, 2.45) is 0 Å². The molecule has 0 amide bonds. The fraction of sp³-hybridized carbons (Fsp3) is 0.231. The minimum Gasteiger partial charge on any atom is -0.357 e. The third kappa shape index (κ3) is 3.47. The highest BCUT2D eigenvalue weighted by Gasteiger charge is 2.39. The molecule has 6 heteroatoms. The summed E-state index contributed by atoms with van der Waals surface area (Å²) < 4.78 is 29.7. The highest BCUT2D eigenvalue weighted by Crippen LogP contribution is 2.41. The normalized spacial score (nSPS) is 16.9. The van der Waals surface area contributed by atoms with Crippen LogP contribution in [-0.4, -0.2) is 30.5 Å². The molecule has 0 bridgehead atoms. The first-order valence-electron chi connectivity index (χ1n) is 10.7. The lowest BCUT2D eigenvalue weighted by Crippen LogP contribution is -2.40. The molecule has 1 atom stereocenters. The number of aromatic amines is 1. The Hall–Kier alpha value is -2.54. The number of sulfonamides is 1. The molecule has 4 nitrogen and oxygen atoms in total. The van der Waals surface area contributed by atoms with Gasteiger partial charge in [-0.1, -0.05) is 42.5 Å². The van der Waals surface area contributed by atoms with E-state index in [1.807, 2.05) is 44.4 Å². The van der Waals surface area contributed by atoms with E-state index in [4.69, 9.17) is 0 Å². The van der Waals surface area contributed by atoms with Gasteiger partial charge in [0.2, 0.25) is 10.0 Å². The second-order valence-electron chi connectivity index (χ2n) is 8.37. The average molecular weight is 463 g/mol.